The number of unbranched alkanes of at least 4 members (excludes halogenated alkanes) is 1. The Hall–Kier alpha value is -1.26. The van der Waals surface area contributed by atoms with Gasteiger partial charge in [0, 0.05) is 12.7 Å². The molecular formula is C16H23N3S. The maximum atomic E-state index is 6.34. The van der Waals surface area contributed by atoms with Gasteiger partial charge in [0.1, 0.15) is 0 Å². The van der Waals surface area contributed by atoms with Gasteiger partial charge in [-0.15, -0.1) is 0 Å². The number of rotatable bonds is 8. The molecule has 0 aliphatic carbocycles. The summed E-state index contributed by atoms with van der Waals surface area (Å²) in [7, 11) is 0. The van der Waals surface area contributed by atoms with Gasteiger partial charge in [-0.1, -0.05) is 30.3 Å². The number of thioether (sulfide) groups is 1. The molecule has 1 heterocycles. The van der Waals surface area contributed by atoms with Crippen molar-refractivity contribution in [1.29, 1.82) is 0 Å². The lowest BCUT2D eigenvalue weighted by Gasteiger charge is -2.15. The van der Waals surface area contributed by atoms with Gasteiger partial charge in [0.2, 0.25) is 0 Å². The molecule has 0 spiro atoms. The molecule has 3 nitrogen and oxygen atoms in total. The van der Waals surface area contributed by atoms with E-state index in [0.29, 0.717) is 0 Å². The van der Waals surface area contributed by atoms with Crippen LogP contribution < -0.4 is 5.73 Å². The van der Waals surface area contributed by atoms with Crippen molar-refractivity contribution in [3.8, 4) is 0 Å². The molecule has 20 heavy (non-hydrogen) atoms. The minimum absolute atomic E-state index is 0.0143. The number of benzene rings is 1. The quantitative estimate of drug-likeness (QED) is 0.759. The highest BCUT2D eigenvalue weighted by atomic mass is 32.2. The average Bonchev–Trinajstić information content (AvgIpc) is 2.93. The molecule has 0 unspecified atom stereocenters. The summed E-state index contributed by atoms with van der Waals surface area (Å²) < 4.78 is 2.20. The number of nitrogens with zero attached hydrogens (tertiary/aromatic N) is 2. The van der Waals surface area contributed by atoms with Gasteiger partial charge in [-0.25, -0.2) is 4.98 Å². The molecule has 2 rings (SSSR count). The van der Waals surface area contributed by atoms with E-state index < -0.39 is 0 Å². The number of aromatic nitrogens is 2. The van der Waals surface area contributed by atoms with Crippen LogP contribution in [-0.4, -0.2) is 21.6 Å². The normalized spacial score (nSPS) is 12.5. The summed E-state index contributed by atoms with van der Waals surface area (Å²) >= 11 is 1.90. The van der Waals surface area contributed by atoms with Crippen LogP contribution in [0.1, 0.15) is 30.1 Å². The third-order valence-electron chi connectivity index (χ3n) is 3.42. The third-order valence-corrected chi connectivity index (χ3v) is 4.12. The van der Waals surface area contributed by atoms with Gasteiger partial charge in [0.15, 0.2) is 0 Å². The summed E-state index contributed by atoms with van der Waals surface area (Å²) in [5.41, 5.74) is 8.75. The van der Waals surface area contributed by atoms with Crippen molar-refractivity contribution < 1.29 is 0 Å². The molecule has 0 saturated carbocycles. The maximum Gasteiger partial charge on any atom is 0.0948 e. The Balaban J connectivity index is 1.93. The zero-order valence-corrected chi connectivity index (χ0v) is 12.9. The Labute approximate surface area is 125 Å². The second-order valence-corrected chi connectivity index (χ2v) is 5.99. The average molecular weight is 289 g/mol. The van der Waals surface area contributed by atoms with Crippen molar-refractivity contribution in [2.75, 3.05) is 12.0 Å². The van der Waals surface area contributed by atoms with Gasteiger partial charge in [-0.2, -0.15) is 11.8 Å². The molecule has 0 fully saturated rings. The number of nitrogens with two attached hydrogens (primary N) is 1. The molecule has 1 atom stereocenters. The van der Waals surface area contributed by atoms with Crippen molar-refractivity contribution in [1.82, 2.24) is 9.55 Å². The minimum atomic E-state index is 0.0143. The topological polar surface area (TPSA) is 43.8 Å². The first kappa shape index (κ1) is 15.1. The molecular weight excluding hydrogens is 266 g/mol. The fourth-order valence-electron chi connectivity index (χ4n) is 2.33. The molecule has 0 saturated heterocycles. The van der Waals surface area contributed by atoms with Gasteiger partial charge in [0.05, 0.1) is 18.1 Å². The Bertz CT molecular complexity index is 495. The highest BCUT2D eigenvalue weighted by molar-refractivity contribution is 7.98. The van der Waals surface area contributed by atoms with Gasteiger partial charge < -0.3 is 10.3 Å². The molecule has 0 bridgehead atoms. The van der Waals surface area contributed by atoms with Crippen LogP contribution in [0.4, 0.5) is 0 Å². The summed E-state index contributed by atoms with van der Waals surface area (Å²) in [5, 5.41) is 0. The SMILES string of the molecule is CSCCCCn1cncc1[C@H](N)Cc1ccccc1. The lowest BCUT2D eigenvalue weighted by atomic mass is 10.0. The Morgan fingerprint density at radius 2 is 2.05 bits per heavy atom. The van der Waals surface area contributed by atoms with Crippen LogP contribution in [0, 0.1) is 0 Å². The Morgan fingerprint density at radius 1 is 1.25 bits per heavy atom. The maximum absolute atomic E-state index is 6.34. The van der Waals surface area contributed by atoms with E-state index >= 15 is 0 Å². The molecule has 0 aliphatic heterocycles. The summed E-state index contributed by atoms with van der Waals surface area (Å²) in [6, 6.07) is 10.4. The van der Waals surface area contributed by atoms with Crippen LogP contribution in [-0.2, 0) is 13.0 Å². The monoisotopic (exact) mass is 289 g/mol. The van der Waals surface area contributed by atoms with E-state index in [2.05, 4.69) is 40.1 Å². The first-order chi connectivity index (χ1) is 9.81. The van der Waals surface area contributed by atoms with Crippen molar-refractivity contribution in [2.24, 2.45) is 5.73 Å². The van der Waals surface area contributed by atoms with Crippen LogP contribution in [0.3, 0.4) is 0 Å². The molecule has 0 aliphatic rings. The van der Waals surface area contributed by atoms with Crippen LogP contribution in [0.15, 0.2) is 42.9 Å². The van der Waals surface area contributed by atoms with E-state index in [1.165, 1.54) is 24.2 Å². The lowest BCUT2D eigenvalue weighted by Crippen LogP contribution is -2.17. The number of aryl methyl sites for hydroxylation is 1. The largest absolute Gasteiger partial charge is 0.333 e. The smallest absolute Gasteiger partial charge is 0.0948 e. The van der Waals surface area contributed by atoms with E-state index in [9.17, 15) is 0 Å². The lowest BCUT2D eigenvalue weighted by molar-refractivity contribution is 0.571. The predicted octanol–water partition coefficient (Wildman–Crippen LogP) is 3.27. The van der Waals surface area contributed by atoms with Crippen LogP contribution in [0.25, 0.3) is 0 Å². The second kappa shape index (κ2) is 8.12. The highest BCUT2D eigenvalue weighted by Crippen LogP contribution is 2.16. The van der Waals surface area contributed by atoms with Crippen LogP contribution >= 0.6 is 11.8 Å². The van der Waals surface area contributed by atoms with Gasteiger partial charge in [-0.05, 0) is 36.8 Å². The fourth-order valence-corrected chi connectivity index (χ4v) is 2.82. The van der Waals surface area contributed by atoms with Gasteiger partial charge in [0.25, 0.3) is 0 Å². The highest BCUT2D eigenvalue weighted by Gasteiger charge is 2.12. The molecule has 2 N–H and O–H groups in total. The zero-order valence-electron chi connectivity index (χ0n) is 12.0. The summed E-state index contributed by atoms with van der Waals surface area (Å²) in [6.07, 6.45) is 9.24. The van der Waals surface area contributed by atoms with E-state index in [0.717, 1.165) is 18.7 Å². The van der Waals surface area contributed by atoms with Gasteiger partial charge >= 0.3 is 0 Å². The number of hydrogen-bond acceptors (Lipinski definition) is 3. The number of imidazole rings is 1. The Morgan fingerprint density at radius 3 is 2.80 bits per heavy atom. The van der Waals surface area contributed by atoms with Crippen LogP contribution in [0.2, 0.25) is 0 Å². The molecule has 1 aromatic carbocycles. The number of hydrogen-bond donors (Lipinski definition) is 1. The first-order valence-electron chi connectivity index (χ1n) is 7.09. The molecule has 4 heteroatoms. The van der Waals surface area contributed by atoms with E-state index in [1.54, 1.807) is 0 Å². The summed E-state index contributed by atoms with van der Waals surface area (Å²) in [6.45, 7) is 1.01. The van der Waals surface area contributed by atoms with Crippen molar-refractivity contribution in [3.63, 3.8) is 0 Å². The second-order valence-electron chi connectivity index (χ2n) is 5.01. The van der Waals surface area contributed by atoms with Crippen molar-refractivity contribution in [3.05, 3.63) is 54.1 Å². The molecule has 0 amide bonds. The molecule has 2 aromatic rings. The summed E-state index contributed by atoms with van der Waals surface area (Å²) in [4.78, 5) is 4.26. The van der Waals surface area contributed by atoms with Crippen molar-refractivity contribution in [2.45, 2.75) is 31.8 Å². The fraction of sp³-hybridized carbons (Fsp3) is 0.438. The minimum Gasteiger partial charge on any atom is -0.333 e. The van der Waals surface area contributed by atoms with E-state index in [-0.39, 0.29) is 6.04 Å². The van der Waals surface area contributed by atoms with Crippen molar-refractivity contribution >= 4 is 11.8 Å². The molecule has 0 radical (unpaired) electrons. The third kappa shape index (κ3) is 4.39. The van der Waals surface area contributed by atoms with E-state index in [1.807, 2.05) is 30.4 Å². The summed E-state index contributed by atoms with van der Waals surface area (Å²) in [5.74, 6) is 1.22. The van der Waals surface area contributed by atoms with Crippen LogP contribution in [0.5, 0.6) is 0 Å². The molecule has 1 aromatic heterocycles. The Kier molecular flexibility index (Phi) is 6.15. The van der Waals surface area contributed by atoms with E-state index in [4.69, 9.17) is 5.73 Å². The molecule has 108 valence electrons. The first-order valence-corrected chi connectivity index (χ1v) is 8.49. The standard InChI is InChI=1S/C16H23N3S/c1-20-10-6-5-9-19-13-18-12-16(19)15(17)11-14-7-3-2-4-8-14/h2-4,7-8,12-13,15H,5-6,9-11,17H2,1H3/t15-/m1/s1. The van der Waals surface area contributed by atoms with Gasteiger partial charge in [-0.3, -0.25) is 0 Å². The predicted molar refractivity (Wildman–Crippen MR) is 86.9 cm³/mol. The zero-order chi connectivity index (χ0) is 14.2.